The van der Waals surface area contributed by atoms with Gasteiger partial charge in [-0.2, -0.15) is 0 Å². The van der Waals surface area contributed by atoms with E-state index in [2.05, 4.69) is 13.0 Å². The molecule has 0 aliphatic carbocycles. The van der Waals surface area contributed by atoms with E-state index in [1.165, 1.54) is 5.56 Å². The van der Waals surface area contributed by atoms with Crippen LogP contribution in [0.2, 0.25) is 5.22 Å². The summed E-state index contributed by atoms with van der Waals surface area (Å²) in [6, 6.07) is 9.69. The molecule has 1 atom stereocenters. The molecule has 1 heterocycles. The molecule has 0 aliphatic rings. The smallest absolute Gasteiger partial charge is 0.193 e. The van der Waals surface area contributed by atoms with E-state index in [0.29, 0.717) is 11.0 Å². The maximum Gasteiger partial charge on any atom is 0.193 e. The lowest BCUT2D eigenvalue weighted by Crippen LogP contribution is -1.95. The van der Waals surface area contributed by atoms with Crippen molar-refractivity contribution in [2.75, 3.05) is 0 Å². The van der Waals surface area contributed by atoms with Gasteiger partial charge in [0.25, 0.3) is 0 Å². The fraction of sp³-hybridized carbons (Fsp3) is 0.231. The zero-order chi connectivity index (χ0) is 11.7. The molecule has 1 nitrogen and oxygen atoms in total. The van der Waals surface area contributed by atoms with Gasteiger partial charge >= 0.3 is 0 Å². The maximum atomic E-state index is 6.35. The van der Waals surface area contributed by atoms with E-state index in [-0.39, 0.29) is 5.38 Å². The van der Waals surface area contributed by atoms with Crippen molar-refractivity contribution in [3.63, 3.8) is 0 Å². The van der Waals surface area contributed by atoms with Crippen molar-refractivity contribution >= 4 is 23.2 Å². The zero-order valence-corrected chi connectivity index (χ0v) is 10.6. The van der Waals surface area contributed by atoms with Crippen LogP contribution in [0.1, 0.15) is 27.8 Å². The number of aryl methyl sites for hydroxylation is 2. The molecular formula is C13H12Cl2O. The zero-order valence-electron chi connectivity index (χ0n) is 9.13. The van der Waals surface area contributed by atoms with Gasteiger partial charge in [-0.1, -0.05) is 23.8 Å². The van der Waals surface area contributed by atoms with Crippen LogP contribution >= 0.6 is 23.2 Å². The summed E-state index contributed by atoms with van der Waals surface area (Å²) in [5.41, 5.74) is 3.44. The molecule has 3 heteroatoms. The first-order valence-corrected chi connectivity index (χ1v) is 5.86. The topological polar surface area (TPSA) is 13.1 Å². The minimum absolute atomic E-state index is 0.284. The number of hydrogen-bond acceptors (Lipinski definition) is 1. The van der Waals surface area contributed by atoms with Crippen LogP contribution in [0.5, 0.6) is 0 Å². The van der Waals surface area contributed by atoms with Gasteiger partial charge in [-0.25, -0.2) is 0 Å². The van der Waals surface area contributed by atoms with Crippen LogP contribution in [0.4, 0.5) is 0 Å². The van der Waals surface area contributed by atoms with Gasteiger partial charge in [0.1, 0.15) is 11.1 Å². The second-order valence-electron chi connectivity index (χ2n) is 3.86. The lowest BCUT2D eigenvalue weighted by molar-refractivity contribution is 0.518. The van der Waals surface area contributed by atoms with Crippen molar-refractivity contribution < 1.29 is 4.42 Å². The molecule has 0 fully saturated rings. The fourth-order valence-electron chi connectivity index (χ4n) is 1.73. The second kappa shape index (κ2) is 4.52. The number of halogens is 2. The molecule has 1 aromatic carbocycles. The monoisotopic (exact) mass is 254 g/mol. The normalized spacial score (nSPS) is 12.8. The Bertz CT molecular complexity index is 502. The Kier molecular flexibility index (Phi) is 3.27. The molecule has 0 saturated carbocycles. The Morgan fingerprint density at radius 3 is 2.44 bits per heavy atom. The minimum atomic E-state index is -0.284. The summed E-state index contributed by atoms with van der Waals surface area (Å²) >= 11 is 12.1. The van der Waals surface area contributed by atoms with Crippen molar-refractivity contribution in [2.45, 2.75) is 19.2 Å². The van der Waals surface area contributed by atoms with Crippen molar-refractivity contribution in [1.82, 2.24) is 0 Å². The van der Waals surface area contributed by atoms with E-state index in [4.69, 9.17) is 27.6 Å². The van der Waals surface area contributed by atoms with Gasteiger partial charge in [0.05, 0.1) is 0 Å². The fourth-order valence-corrected chi connectivity index (χ4v) is 2.24. The molecular weight excluding hydrogens is 243 g/mol. The van der Waals surface area contributed by atoms with Gasteiger partial charge in [-0.15, -0.1) is 11.6 Å². The first-order chi connectivity index (χ1) is 7.58. The first-order valence-electron chi connectivity index (χ1n) is 5.04. The third kappa shape index (κ3) is 2.26. The Morgan fingerprint density at radius 1 is 1.12 bits per heavy atom. The van der Waals surface area contributed by atoms with Gasteiger partial charge in [0, 0.05) is 0 Å². The molecule has 0 saturated heterocycles. The van der Waals surface area contributed by atoms with Crippen LogP contribution in [-0.2, 0) is 0 Å². The molecule has 16 heavy (non-hydrogen) atoms. The van der Waals surface area contributed by atoms with E-state index in [0.717, 1.165) is 11.1 Å². The van der Waals surface area contributed by atoms with Crippen LogP contribution in [0.3, 0.4) is 0 Å². The summed E-state index contributed by atoms with van der Waals surface area (Å²) in [4.78, 5) is 0. The van der Waals surface area contributed by atoms with Crippen LogP contribution in [-0.4, -0.2) is 0 Å². The van der Waals surface area contributed by atoms with Crippen LogP contribution in [0.25, 0.3) is 0 Å². The largest absolute Gasteiger partial charge is 0.448 e. The summed E-state index contributed by atoms with van der Waals surface area (Å²) in [6.45, 7) is 4.10. The molecule has 0 aliphatic heterocycles. The van der Waals surface area contributed by atoms with Gasteiger partial charge in [0.15, 0.2) is 5.22 Å². The number of furan rings is 1. The first kappa shape index (κ1) is 11.6. The molecule has 0 N–H and O–H groups in total. The van der Waals surface area contributed by atoms with E-state index in [1.807, 2.05) is 19.1 Å². The summed E-state index contributed by atoms with van der Waals surface area (Å²) in [5, 5.41) is 0.0820. The molecule has 2 rings (SSSR count). The van der Waals surface area contributed by atoms with E-state index in [1.54, 1.807) is 12.1 Å². The van der Waals surface area contributed by atoms with E-state index in [9.17, 15) is 0 Å². The lowest BCUT2D eigenvalue weighted by atomic mass is 10.0. The number of alkyl halides is 1. The predicted octanol–water partition coefficient (Wildman–Crippen LogP) is 4.88. The molecule has 0 radical (unpaired) electrons. The number of hydrogen-bond donors (Lipinski definition) is 0. The van der Waals surface area contributed by atoms with Crippen molar-refractivity contribution in [3.8, 4) is 0 Å². The lowest BCUT2D eigenvalue weighted by Gasteiger charge is -2.11. The molecule has 0 spiro atoms. The second-order valence-corrected chi connectivity index (χ2v) is 4.67. The highest BCUT2D eigenvalue weighted by Crippen LogP contribution is 2.33. The SMILES string of the molecule is Cc1ccc(C(Cl)c2ccc(Cl)o2)c(C)c1. The average Bonchev–Trinajstić information content (AvgIpc) is 2.64. The Hall–Kier alpha value is -0.920. The standard InChI is InChI=1S/C13H12Cl2O/c1-8-3-4-10(9(2)7-8)13(15)11-5-6-12(14)16-11/h3-7,13H,1-2H3. The third-order valence-corrected chi connectivity index (χ3v) is 3.20. The highest BCUT2D eigenvalue weighted by molar-refractivity contribution is 6.29. The summed E-state index contributed by atoms with van der Waals surface area (Å²) in [5.74, 6) is 0.679. The van der Waals surface area contributed by atoms with Crippen molar-refractivity contribution in [2.24, 2.45) is 0 Å². The van der Waals surface area contributed by atoms with Crippen LogP contribution in [0.15, 0.2) is 34.7 Å². The molecule has 84 valence electrons. The molecule has 0 bridgehead atoms. The van der Waals surface area contributed by atoms with Crippen molar-refractivity contribution in [1.29, 1.82) is 0 Å². The van der Waals surface area contributed by atoms with Gasteiger partial charge in [0.2, 0.25) is 0 Å². The van der Waals surface area contributed by atoms with Crippen LogP contribution < -0.4 is 0 Å². The predicted molar refractivity (Wildman–Crippen MR) is 67.3 cm³/mol. The average molecular weight is 255 g/mol. The van der Waals surface area contributed by atoms with Gasteiger partial charge in [-0.05, 0) is 48.7 Å². The van der Waals surface area contributed by atoms with Crippen LogP contribution in [0, 0.1) is 13.8 Å². The Balaban J connectivity index is 2.37. The van der Waals surface area contributed by atoms with Crippen molar-refractivity contribution in [3.05, 3.63) is 58.0 Å². The number of benzene rings is 1. The van der Waals surface area contributed by atoms with E-state index < -0.39 is 0 Å². The summed E-state index contributed by atoms with van der Waals surface area (Å²) < 4.78 is 5.32. The molecule has 0 amide bonds. The molecule has 2 aromatic rings. The Morgan fingerprint density at radius 2 is 1.88 bits per heavy atom. The highest BCUT2D eigenvalue weighted by atomic mass is 35.5. The molecule has 1 aromatic heterocycles. The molecule has 1 unspecified atom stereocenters. The third-order valence-electron chi connectivity index (χ3n) is 2.54. The number of rotatable bonds is 2. The van der Waals surface area contributed by atoms with Gasteiger partial charge in [-0.3, -0.25) is 0 Å². The summed E-state index contributed by atoms with van der Waals surface area (Å²) in [7, 11) is 0. The maximum absolute atomic E-state index is 6.35. The highest BCUT2D eigenvalue weighted by Gasteiger charge is 2.16. The summed E-state index contributed by atoms with van der Waals surface area (Å²) in [6.07, 6.45) is 0. The minimum Gasteiger partial charge on any atom is -0.448 e. The quantitative estimate of drug-likeness (QED) is 0.697. The van der Waals surface area contributed by atoms with E-state index >= 15 is 0 Å². The Labute approximate surface area is 105 Å². The van der Waals surface area contributed by atoms with Gasteiger partial charge < -0.3 is 4.42 Å².